The molecular formula is C19H25NO3. The van der Waals surface area contributed by atoms with E-state index >= 15 is 0 Å². The van der Waals surface area contributed by atoms with Gasteiger partial charge in [-0.1, -0.05) is 24.3 Å². The van der Waals surface area contributed by atoms with Crippen LogP contribution in [0.4, 0.5) is 0 Å². The minimum Gasteiger partial charge on any atom is -0.497 e. The van der Waals surface area contributed by atoms with Crippen molar-refractivity contribution in [1.82, 2.24) is 4.90 Å². The summed E-state index contributed by atoms with van der Waals surface area (Å²) in [5, 5.41) is 0. The molecule has 23 heavy (non-hydrogen) atoms. The topological polar surface area (TPSA) is 30.9 Å². The molecule has 0 fully saturated rings. The van der Waals surface area contributed by atoms with E-state index in [-0.39, 0.29) is 0 Å². The maximum Gasteiger partial charge on any atom is 0.127 e. The van der Waals surface area contributed by atoms with Crippen LogP contribution in [0, 0.1) is 0 Å². The molecule has 0 atom stereocenters. The van der Waals surface area contributed by atoms with Crippen molar-refractivity contribution in [3.63, 3.8) is 0 Å². The zero-order chi connectivity index (χ0) is 16.7. The highest BCUT2D eigenvalue weighted by molar-refractivity contribution is 5.41. The monoisotopic (exact) mass is 315 g/mol. The smallest absolute Gasteiger partial charge is 0.127 e. The zero-order valence-electron chi connectivity index (χ0n) is 14.3. The predicted molar refractivity (Wildman–Crippen MR) is 92.3 cm³/mol. The number of methoxy groups -OCH3 is 2. The summed E-state index contributed by atoms with van der Waals surface area (Å²) in [4.78, 5) is 2.24. The van der Waals surface area contributed by atoms with Crippen LogP contribution in [0.15, 0.2) is 42.5 Å². The molecule has 0 N–H and O–H groups in total. The fourth-order valence-electron chi connectivity index (χ4n) is 2.55. The van der Waals surface area contributed by atoms with Gasteiger partial charge in [-0.15, -0.1) is 0 Å². The molecule has 4 nitrogen and oxygen atoms in total. The SMILES string of the molecule is CCOc1ccccc1CN(C)Cc1ccc(OC)cc1OC. The van der Waals surface area contributed by atoms with Crippen molar-refractivity contribution in [2.24, 2.45) is 0 Å². The van der Waals surface area contributed by atoms with E-state index in [4.69, 9.17) is 14.2 Å². The van der Waals surface area contributed by atoms with Crippen LogP contribution in [0.3, 0.4) is 0 Å². The molecule has 0 saturated carbocycles. The highest BCUT2D eigenvalue weighted by atomic mass is 16.5. The Morgan fingerprint density at radius 2 is 1.57 bits per heavy atom. The summed E-state index contributed by atoms with van der Waals surface area (Å²) in [5.41, 5.74) is 2.31. The first-order valence-electron chi connectivity index (χ1n) is 7.78. The van der Waals surface area contributed by atoms with Crippen LogP contribution < -0.4 is 14.2 Å². The van der Waals surface area contributed by atoms with E-state index in [9.17, 15) is 0 Å². The fourth-order valence-corrected chi connectivity index (χ4v) is 2.55. The van der Waals surface area contributed by atoms with Crippen molar-refractivity contribution in [1.29, 1.82) is 0 Å². The second-order valence-corrected chi connectivity index (χ2v) is 5.39. The lowest BCUT2D eigenvalue weighted by atomic mass is 10.1. The minimum atomic E-state index is 0.674. The molecule has 0 unspecified atom stereocenters. The van der Waals surface area contributed by atoms with E-state index in [1.54, 1.807) is 14.2 Å². The molecule has 0 bridgehead atoms. The van der Waals surface area contributed by atoms with Gasteiger partial charge in [-0.3, -0.25) is 4.90 Å². The van der Waals surface area contributed by atoms with Gasteiger partial charge in [-0.05, 0) is 26.1 Å². The first-order chi connectivity index (χ1) is 11.2. The lowest BCUT2D eigenvalue weighted by Gasteiger charge is -2.20. The third-order valence-electron chi connectivity index (χ3n) is 3.65. The summed E-state index contributed by atoms with van der Waals surface area (Å²) >= 11 is 0. The third kappa shape index (κ3) is 4.63. The molecule has 4 heteroatoms. The molecule has 0 radical (unpaired) electrons. The summed E-state index contributed by atoms with van der Waals surface area (Å²) in [6.07, 6.45) is 0. The van der Waals surface area contributed by atoms with Gasteiger partial charge in [-0.25, -0.2) is 0 Å². The number of rotatable bonds is 8. The molecule has 2 rings (SSSR count). The number of nitrogens with zero attached hydrogens (tertiary/aromatic N) is 1. The van der Waals surface area contributed by atoms with Crippen molar-refractivity contribution in [2.45, 2.75) is 20.0 Å². The van der Waals surface area contributed by atoms with E-state index in [0.29, 0.717) is 6.61 Å². The molecular weight excluding hydrogens is 290 g/mol. The van der Waals surface area contributed by atoms with Crippen LogP contribution in [-0.2, 0) is 13.1 Å². The average Bonchev–Trinajstić information content (AvgIpc) is 2.57. The standard InChI is InChI=1S/C19H25NO3/c1-5-23-18-9-7-6-8-15(18)13-20(2)14-16-10-11-17(21-3)12-19(16)22-4/h6-12H,5,13-14H2,1-4H3. The van der Waals surface area contributed by atoms with Crippen molar-refractivity contribution in [3.05, 3.63) is 53.6 Å². The molecule has 0 amide bonds. The Morgan fingerprint density at radius 3 is 2.22 bits per heavy atom. The highest BCUT2D eigenvalue weighted by Gasteiger charge is 2.10. The Kier molecular flexibility index (Phi) is 6.29. The van der Waals surface area contributed by atoms with Crippen molar-refractivity contribution < 1.29 is 14.2 Å². The van der Waals surface area contributed by atoms with Gasteiger partial charge in [-0.2, -0.15) is 0 Å². The Bertz CT molecular complexity index is 628. The molecule has 0 saturated heterocycles. The number of hydrogen-bond donors (Lipinski definition) is 0. The quantitative estimate of drug-likeness (QED) is 0.742. The van der Waals surface area contributed by atoms with Crippen LogP contribution in [0.5, 0.6) is 17.2 Å². The number of para-hydroxylation sites is 1. The van der Waals surface area contributed by atoms with Crippen molar-refractivity contribution in [2.75, 3.05) is 27.9 Å². The van der Waals surface area contributed by atoms with Gasteiger partial charge in [0.25, 0.3) is 0 Å². The van der Waals surface area contributed by atoms with Gasteiger partial charge in [0.05, 0.1) is 20.8 Å². The lowest BCUT2D eigenvalue weighted by Crippen LogP contribution is -2.18. The van der Waals surface area contributed by atoms with E-state index in [1.807, 2.05) is 43.3 Å². The van der Waals surface area contributed by atoms with Gasteiger partial charge in [0, 0.05) is 30.3 Å². The lowest BCUT2D eigenvalue weighted by molar-refractivity contribution is 0.292. The Labute approximate surface area is 138 Å². The molecule has 0 aliphatic carbocycles. The van der Waals surface area contributed by atoms with Gasteiger partial charge >= 0.3 is 0 Å². The van der Waals surface area contributed by atoms with Crippen LogP contribution in [0.2, 0.25) is 0 Å². The second-order valence-electron chi connectivity index (χ2n) is 5.39. The first-order valence-corrected chi connectivity index (χ1v) is 7.78. The average molecular weight is 315 g/mol. The first kappa shape index (κ1) is 17.2. The molecule has 0 heterocycles. The molecule has 0 aliphatic rings. The van der Waals surface area contributed by atoms with Crippen molar-refractivity contribution >= 4 is 0 Å². The molecule has 0 aliphatic heterocycles. The summed E-state index contributed by atoms with van der Waals surface area (Å²) in [6.45, 7) is 4.27. The molecule has 0 aromatic heterocycles. The Morgan fingerprint density at radius 1 is 0.870 bits per heavy atom. The van der Waals surface area contributed by atoms with Crippen LogP contribution in [0.25, 0.3) is 0 Å². The van der Waals surface area contributed by atoms with Crippen molar-refractivity contribution in [3.8, 4) is 17.2 Å². The molecule has 124 valence electrons. The summed E-state index contributed by atoms with van der Waals surface area (Å²) in [7, 11) is 5.43. The van der Waals surface area contributed by atoms with E-state index in [1.165, 1.54) is 5.56 Å². The zero-order valence-corrected chi connectivity index (χ0v) is 14.3. The Hall–Kier alpha value is -2.20. The molecule has 2 aromatic rings. The Balaban J connectivity index is 2.09. The minimum absolute atomic E-state index is 0.674. The molecule has 0 spiro atoms. The van der Waals surface area contributed by atoms with E-state index in [2.05, 4.69) is 18.0 Å². The van der Waals surface area contributed by atoms with Gasteiger partial charge in [0.2, 0.25) is 0 Å². The maximum absolute atomic E-state index is 5.70. The van der Waals surface area contributed by atoms with Crippen LogP contribution >= 0.6 is 0 Å². The normalized spacial score (nSPS) is 10.7. The van der Waals surface area contributed by atoms with Gasteiger partial charge in [0.1, 0.15) is 17.2 Å². The number of hydrogen-bond acceptors (Lipinski definition) is 4. The van der Waals surface area contributed by atoms with Crippen LogP contribution in [-0.4, -0.2) is 32.8 Å². The fraction of sp³-hybridized carbons (Fsp3) is 0.368. The number of benzene rings is 2. The van der Waals surface area contributed by atoms with E-state index in [0.717, 1.165) is 35.9 Å². The van der Waals surface area contributed by atoms with Gasteiger partial charge < -0.3 is 14.2 Å². The van der Waals surface area contributed by atoms with E-state index < -0.39 is 0 Å². The third-order valence-corrected chi connectivity index (χ3v) is 3.65. The predicted octanol–water partition coefficient (Wildman–Crippen LogP) is 3.73. The summed E-state index contributed by atoms with van der Waals surface area (Å²) < 4.78 is 16.4. The van der Waals surface area contributed by atoms with Crippen LogP contribution in [0.1, 0.15) is 18.1 Å². The summed E-state index contributed by atoms with van der Waals surface area (Å²) in [5.74, 6) is 2.59. The number of ether oxygens (including phenoxy) is 3. The maximum atomic E-state index is 5.70. The molecule has 2 aromatic carbocycles. The van der Waals surface area contributed by atoms with Gasteiger partial charge in [0.15, 0.2) is 0 Å². The highest BCUT2D eigenvalue weighted by Crippen LogP contribution is 2.26. The second kappa shape index (κ2) is 8.44. The summed E-state index contributed by atoms with van der Waals surface area (Å²) in [6, 6.07) is 14.1. The largest absolute Gasteiger partial charge is 0.497 e.